The molecule has 1 heterocycles. The highest BCUT2D eigenvalue weighted by molar-refractivity contribution is 5.96. The van der Waals surface area contributed by atoms with Crippen molar-refractivity contribution in [3.05, 3.63) is 89.5 Å². The van der Waals surface area contributed by atoms with E-state index in [1.165, 1.54) is 24.0 Å². The highest BCUT2D eigenvalue weighted by Crippen LogP contribution is 2.25. The first-order valence-corrected chi connectivity index (χ1v) is 15.5. The molecule has 2 atom stereocenters. The van der Waals surface area contributed by atoms with Crippen molar-refractivity contribution in [1.82, 2.24) is 10.2 Å². The Morgan fingerprint density at radius 2 is 1.37 bits per heavy atom. The lowest BCUT2D eigenvalue weighted by molar-refractivity contribution is -0.122. The maximum absolute atomic E-state index is 13.0. The molecule has 1 fully saturated rings. The molecule has 4 rings (SSSR count). The SMILES string of the molecule is COc1ccc(CCOc2ccc([C@@H](C)[C@@H](CN3CCCC3)NC(=O)CCCCC(=O)c3ccc(OC)cc3)cc2)cc1. The average molecular weight is 587 g/mol. The van der Waals surface area contributed by atoms with E-state index in [4.69, 9.17) is 14.2 Å². The number of methoxy groups -OCH3 is 2. The second kappa shape index (κ2) is 16.7. The molecule has 0 bridgehead atoms. The minimum Gasteiger partial charge on any atom is -0.497 e. The van der Waals surface area contributed by atoms with Crippen LogP contribution in [0, 0.1) is 0 Å². The van der Waals surface area contributed by atoms with Crippen molar-refractivity contribution in [2.45, 2.75) is 63.8 Å². The highest BCUT2D eigenvalue weighted by atomic mass is 16.5. The van der Waals surface area contributed by atoms with E-state index < -0.39 is 0 Å². The molecular formula is C36H46N2O5. The van der Waals surface area contributed by atoms with Gasteiger partial charge in [0, 0.05) is 43.3 Å². The van der Waals surface area contributed by atoms with Gasteiger partial charge in [-0.25, -0.2) is 0 Å². The van der Waals surface area contributed by atoms with Crippen molar-refractivity contribution < 1.29 is 23.8 Å². The summed E-state index contributed by atoms with van der Waals surface area (Å²) in [6.07, 6.45) is 5.45. The minimum atomic E-state index is 0.00775. The lowest BCUT2D eigenvalue weighted by atomic mass is 9.92. The van der Waals surface area contributed by atoms with Crippen molar-refractivity contribution in [3.63, 3.8) is 0 Å². The number of unbranched alkanes of at least 4 members (excludes halogenated alkanes) is 1. The monoisotopic (exact) mass is 586 g/mol. The molecule has 0 spiro atoms. The van der Waals surface area contributed by atoms with Gasteiger partial charge in [-0.05, 0) is 98.4 Å². The summed E-state index contributed by atoms with van der Waals surface area (Å²) in [6.45, 7) is 5.78. The number of hydrogen-bond donors (Lipinski definition) is 1. The largest absolute Gasteiger partial charge is 0.497 e. The quantitative estimate of drug-likeness (QED) is 0.145. The summed E-state index contributed by atoms with van der Waals surface area (Å²) in [5.74, 6) is 2.72. The molecule has 0 unspecified atom stereocenters. The molecule has 7 heteroatoms. The van der Waals surface area contributed by atoms with Gasteiger partial charge in [0.15, 0.2) is 5.78 Å². The van der Waals surface area contributed by atoms with E-state index in [-0.39, 0.29) is 23.7 Å². The van der Waals surface area contributed by atoms with Gasteiger partial charge in [0.05, 0.1) is 20.8 Å². The molecule has 0 aliphatic carbocycles. The molecule has 3 aromatic rings. The molecule has 0 radical (unpaired) electrons. The topological polar surface area (TPSA) is 77.1 Å². The zero-order chi connectivity index (χ0) is 30.4. The third-order valence-corrected chi connectivity index (χ3v) is 8.30. The van der Waals surface area contributed by atoms with Crippen LogP contribution in [0.2, 0.25) is 0 Å². The Bertz CT molecular complexity index is 1270. The van der Waals surface area contributed by atoms with Crippen LogP contribution in [0.1, 0.15) is 72.9 Å². The van der Waals surface area contributed by atoms with Crippen LogP contribution in [0.15, 0.2) is 72.8 Å². The van der Waals surface area contributed by atoms with Gasteiger partial charge < -0.3 is 24.4 Å². The predicted molar refractivity (Wildman–Crippen MR) is 170 cm³/mol. The maximum Gasteiger partial charge on any atom is 0.220 e. The number of carbonyl (C=O) groups is 2. The van der Waals surface area contributed by atoms with E-state index in [0.717, 1.165) is 43.3 Å². The summed E-state index contributed by atoms with van der Waals surface area (Å²) in [6, 6.07) is 23.5. The fraction of sp³-hybridized carbons (Fsp3) is 0.444. The zero-order valence-electron chi connectivity index (χ0n) is 25.8. The number of ether oxygens (including phenoxy) is 3. The number of likely N-dealkylation sites (tertiary alicyclic amines) is 1. The van der Waals surface area contributed by atoms with Crippen molar-refractivity contribution in [2.75, 3.05) is 40.5 Å². The Balaban J connectivity index is 1.25. The Morgan fingerprint density at radius 3 is 2.00 bits per heavy atom. The molecule has 3 aromatic carbocycles. The Kier molecular flexibility index (Phi) is 12.5. The summed E-state index contributed by atoms with van der Waals surface area (Å²) in [5, 5.41) is 3.33. The number of amides is 1. The van der Waals surface area contributed by atoms with E-state index in [1.807, 2.05) is 24.3 Å². The van der Waals surface area contributed by atoms with Crippen molar-refractivity contribution in [3.8, 4) is 17.2 Å². The molecule has 1 saturated heterocycles. The lowest BCUT2D eigenvalue weighted by Crippen LogP contribution is -2.46. The molecule has 230 valence electrons. The van der Waals surface area contributed by atoms with E-state index in [1.54, 1.807) is 38.5 Å². The molecule has 0 aromatic heterocycles. The first-order chi connectivity index (χ1) is 20.9. The third kappa shape index (κ3) is 10.1. The molecule has 1 amide bonds. The van der Waals surface area contributed by atoms with Crippen molar-refractivity contribution in [2.24, 2.45) is 0 Å². The summed E-state index contributed by atoms with van der Waals surface area (Å²) < 4.78 is 16.4. The van der Waals surface area contributed by atoms with E-state index in [0.29, 0.717) is 37.9 Å². The molecule has 0 saturated carbocycles. The average Bonchev–Trinajstić information content (AvgIpc) is 3.56. The number of hydrogen-bond acceptors (Lipinski definition) is 6. The number of ketones is 1. The Labute approximate surface area is 256 Å². The van der Waals surface area contributed by atoms with Gasteiger partial charge in [0.2, 0.25) is 5.91 Å². The summed E-state index contributed by atoms with van der Waals surface area (Å²) in [5.41, 5.74) is 3.06. The van der Waals surface area contributed by atoms with E-state index in [2.05, 4.69) is 41.4 Å². The number of rotatable bonds is 17. The van der Waals surface area contributed by atoms with Crippen LogP contribution in [0.5, 0.6) is 17.2 Å². The van der Waals surface area contributed by atoms with Gasteiger partial charge in [0.1, 0.15) is 17.2 Å². The standard InChI is InChI=1S/C36H46N2O5/c1-27(29-12-20-33(21-13-29)43-25-22-28-10-16-31(41-2)17-11-28)34(26-38-23-6-7-24-38)37-36(40)9-5-4-8-35(39)30-14-18-32(42-3)19-15-30/h10-21,27,34H,4-9,22-26H2,1-3H3,(H,37,40)/t27-,34-/m1/s1. The molecule has 7 nitrogen and oxygen atoms in total. The third-order valence-electron chi connectivity index (χ3n) is 8.30. The Hall–Kier alpha value is -3.84. The molecule has 1 aliphatic heterocycles. The lowest BCUT2D eigenvalue weighted by Gasteiger charge is -2.30. The predicted octanol–water partition coefficient (Wildman–Crippen LogP) is 6.45. The van der Waals surface area contributed by atoms with Crippen LogP contribution >= 0.6 is 0 Å². The van der Waals surface area contributed by atoms with Gasteiger partial charge in [-0.2, -0.15) is 0 Å². The second-order valence-corrected chi connectivity index (χ2v) is 11.3. The summed E-state index contributed by atoms with van der Waals surface area (Å²) >= 11 is 0. The number of nitrogens with zero attached hydrogens (tertiary/aromatic N) is 1. The Morgan fingerprint density at radius 1 is 0.791 bits per heavy atom. The number of Topliss-reactive ketones (excluding diaryl/α,β-unsaturated/α-hetero) is 1. The normalized spacial score (nSPS) is 14.6. The van der Waals surface area contributed by atoms with Crippen LogP contribution in [-0.4, -0.2) is 63.1 Å². The fourth-order valence-corrected chi connectivity index (χ4v) is 5.52. The van der Waals surface area contributed by atoms with Gasteiger partial charge in [-0.15, -0.1) is 0 Å². The van der Waals surface area contributed by atoms with Crippen LogP contribution in [0.3, 0.4) is 0 Å². The highest BCUT2D eigenvalue weighted by Gasteiger charge is 2.25. The first kappa shape index (κ1) is 32.1. The van der Waals surface area contributed by atoms with Gasteiger partial charge in [-0.1, -0.05) is 31.2 Å². The molecule has 1 N–H and O–H groups in total. The van der Waals surface area contributed by atoms with Crippen LogP contribution in [-0.2, 0) is 11.2 Å². The van der Waals surface area contributed by atoms with Gasteiger partial charge in [-0.3, -0.25) is 9.59 Å². The van der Waals surface area contributed by atoms with Crippen molar-refractivity contribution >= 4 is 11.7 Å². The smallest absolute Gasteiger partial charge is 0.220 e. The number of carbonyl (C=O) groups excluding carboxylic acids is 2. The maximum atomic E-state index is 13.0. The van der Waals surface area contributed by atoms with Crippen LogP contribution in [0.4, 0.5) is 0 Å². The van der Waals surface area contributed by atoms with Gasteiger partial charge in [0.25, 0.3) is 0 Å². The molecular weight excluding hydrogens is 540 g/mol. The van der Waals surface area contributed by atoms with E-state index in [9.17, 15) is 9.59 Å². The second-order valence-electron chi connectivity index (χ2n) is 11.3. The molecule has 43 heavy (non-hydrogen) atoms. The summed E-state index contributed by atoms with van der Waals surface area (Å²) in [7, 11) is 3.28. The number of benzene rings is 3. The van der Waals surface area contributed by atoms with Crippen LogP contribution in [0.25, 0.3) is 0 Å². The van der Waals surface area contributed by atoms with Gasteiger partial charge >= 0.3 is 0 Å². The zero-order valence-corrected chi connectivity index (χ0v) is 25.8. The summed E-state index contributed by atoms with van der Waals surface area (Å²) in [4.78, 5) is 28.0. The van der Waals surface area contributed by atoms with Crippen LogP contribution < -0.4 is 19.5 Å². The number of nitrogens with one attached hydrogen (secondary N) is 1. The first-order valence-electron chi connectivity index (χ1n) is 15.5. The van der Waals surface area contributed by atoms with E-state index >= 15 is 0 Å². The van der Waals surface area contributed by atoms with Crippen molar-refractivity contribution in [1.29, 1.82) is 0 Å². The molecule has 1 aliphatic rings. The minimum absolute atomic E-state index is 0.00775. The fourth-order valence-electron chi connectivity index (χ4n) is 5.52.